The van der Waals surface area contributed by atoms with Gasteiger partial charge >= 0.3 is 18.1 Å². The molecule has 0 fully saturated rings. The highest BCUT2D eigenvalue weighted by atomic mass is 16.6. The molecule has 9 nitrogen and oxygen atoms in total. The zero-order chi connectivity index (χ0) is 36.6. The van der Waals surface area contributed by atoms with Gasteiger partial charge in [-0.1, -0.05) is 80.1 Å². The third-order valence-electron chi connectivity index (χ3n) is 8.40. The van der Waals surface area contributed by atoms with Gasteiger partial charge < -0.3 is 30.6 Å². The maximum Gasteiger partial charge on any atom is 0.503 e. The minimum absolute atomic E-state index is 0.00713. The summed E-state index contributed by atoms with van der Waals surface area (Å²) >= 11 is 0. The van der Waals surface area contributed by atoms with Crippen LogP contribution in [0, 0.1) is 0 Å². The van der Waals surface area contributed by atoms with Crippen molar-refractivity contribution >= 4 is 18.1 Å². The quantitative estimate of drug-likeness (QED) is 0.0798. The van der Waals surface area contributed by atoms with E-state index in [1.54, 1.807) is 12.1 Å². The van der Waals surface area contributed by atoms with E-state index in [2.05, 4.69) is 41.5 Å². The van der Waals surface area contributed by atoms with E-state index >= 15 is 0 Å². The minimum atomic E-state index is -1.83. The molecule has 0 unspecified atom stereocenters. The Kier molecular flexibility index (Phi) is 23.3. The summed E-state index contributed by atoms with van der Waals surface area (Å²) in [6.45, 7) is 12.8. The summed E-state index contributed by atoms with van der Waals surface area (Å²) in [6, 6.07) is 3.40. The lowest BCUT2D eigenvalue weighted by Gasteiger charge is -2.18. The predicted octanol–water partition coefficient (Wildman–Crippen LogP) is 10.5. The highest BCUT2D eigenvalue weighted by molar-refractivity contribution is 5.92. The highest BCUT2D eigenvalue weighted by Gasteiger charge is 2.22. The Morgan fingerprint density at radius 2 is 0.667 bits per heavy atom. The van der Waals surface area contributed by atoms with Crippen molar-refractivity contribution in [2.24, 2.45) is 0 Å². The highest BCUT2D eigenvalue weighted by Crippen LogP contribution is 2.34. The van der Waals surface area contributed by atoms with Crippen LogP contribution in [-0.4, -0.2) is 48.7 Å². The van der Waals surface area contributed by atoms with Gasteiger partial charge in [-0.05, 0) is 123 Å². The van der Waals surface area contributed by atoms with Crippen molar-refractivity contribution in [3.63, 3.8) is 0 Å². The van der Waals surface area contributed by atoms with Crippen LogP contribution < -0.4 is 0 Å². The van der Waals surface area contributed by atoms with Crippen molar-refractivity contribution in [3.8, 4) is 11.5 Å². The molecule has 2 aromatic rings. The number of aryl methyl sites for hydroxylation is 2. The molecule has 9 heteroatoms. The fourth-order valence-electron chi connectivity index (χ4n) is 5.74. The molecule has 0 aromatic heterocycles. The lowest BCUT2D eigenvalue weighted by Crippen LogP contribution is -2.08. The van der Waals surface area contributed by atoms with Crippen molar-refractivity contribution in [1.29, 1.82) is 0 Å². The van der Waals surface area contributed by atoms with Gasteiger partial charge in [-0.25, -0.2) is 14.4 Å². The standard InChI is InChI=1S/2C19H30O3.CH2O3/c2*1-4-7-10-14-13-17(19(21)22)18(20)16(12-9-6-3)15(14)11-8-5-2;2-1(3)4/h2*13,20H,4-12H2,1-3H3,(H,21,22);(H2,2,3,4). The molecule has 0 atom stereocenters. The summed E-state index contributed by atoms with van der Waals surface area (Å²) in [4.78, 5) is 31.4. The molecule has 6 N–H and O–H groups in total. The van der Waals surface area contributed by atoms with Gasteiger partial charge in [-0.15, -0.1) is 0 Å². The maximum absolute atomic E-state index is 11.4. The first-order valence-electron chi connectivity index (χ1n) is 18.0. The summed E-state index contributed by atoms with van der Waals surface area (Å²) in [5.41, 5.74) is 6.53. The first-order chi connectivity index (χ1) is 22.9. The molecular formula is C39H62O9. The van der Waals surface area contributed by atoms with Crippen LogP contribution in [0.5, 0.6) is 11.5 Å². The lowest BCUT2D eigenvalue weighted by atomic mass is 9.88. The molecule has 0 saturated heterocycles. The van der Waals surface area contributed by atoms with Gasteiger partial charge in [0.2, 0.25) is 0 Å². The molecule has 48 heavy (non-hydrogen) atoms. The fourth-order valence-corrected chi connectivity index (χ4v) is 5.74. The van der Waals surface area contributed by atoms with Gasteiger partial charge in [-0.3, -0.25) is 0 Å². The van der Waals surface area contributed by atoms with Crippen LogP contribution in [0.2, 0.25) is 0 Å². The van der Waals surface area contributed by atoms with E-state index in [-0.39, 0.29) is 22.6 Å². The Bertz CT molecular complexity index is 1170. The Balaban J connectivity index is 0.000000827. The van der Waals surface area contributed by atoms with E-state index < -0.39 is 18.1 Å². The molecule has 0 aliphatic rings. The number of carboxylic acid groups (broad SMARTS) is 4. The average molecular weight is 675 g/mol. The monoisotopic (exact) mass is 674 g/mol. The summed E-state index contributed by atoms with van der Waals surface area (Å²) < 4.78 is 0. The first kappa shape index (κ1) is 44.2. The molecule has 272 valence electrons. The van der Waals surface area contributed by atoms with Crippen LogP contribution in [0.4, 0.5) is 4.79 Å². The van der Waals surface area contributed by atoms with E-state index in [0.29, 0.717) is 0 Å². The molecule has 0 spiro atoms. The van der Waals surface area contributed by atoms with Gasteiger partial charge in [0.15, 0.2) is 0 Å². The number of hydrogen-bond acceptors (Lipinski definition) is 5. The molecule has 2 aromatic carbocycles. The van der Waals surface area contributed by atoms with Gasteiger partial charge in [0, 0.05) is 0 Å². The third kappa shape index (κ3) is 15.4. The van der Waals surface area contributed by atoms with E-state index in [0.717, 1.165) is 138 Å². The Morgan fingerprint density at radius 1 is 0.438 bits per heavy atom. The van der Waals surface area contributed by atoms with Crippen molar-refractivity contribution < 1.29 is 45.0 Å². The molecule has 0 aliphatic carbocycles. The molecule has 0 heterocycles. The molecular weight excluding hydrogens is 612 g/mol. The van der Waals surface area contributed by atoms with E-state index in [1.807, 2.05) is 0 Å². The number of unbranched alkanes of at least 4 members (excludes halogenated alkanes) is 6. The number of carbonyl (C=O) groups is 3. The second kappa shape index (κ2) is 25.3. The zero-order valence-electron chi connectivity index (χ0n) is 30.3. The van der Waals surface area contributed by atoms with Crippen molar-refractivity contribution in [2.45, 2.75) is 157 Å². The van der Waals surface area contributed by atoms with Crippen LogP contribution in [0.3, 0.4) is 0 Å². The summed E-state index contributed by atoms with van der Waals surface area (Å²) in [6.07, 6.45) is 16.0. The van der Waals surface area contributed by atoms with Crippen molar-refractivity contribution in [1.82, 2.24) is 0 Å². The molecule has 0 amide bonds. The van der Waals surface area contributed by atoms with E-state index in [4.69, 9.17) is 15.0 Å². The maximum atomic E-state index is 11.4. The number of rotatable bonds is 20. The first-order valence-corrected chi connectivity index (χ1v) is 18.0. The smallest absolute Gasteiger partial charge is 0.503 e. The van der Waals surface area contributed by atoms with E-state index in [1.165, 1.54) is 11.1 Å². The normalized spacial score (nSPS) is 10.5. The van der Waals surface area contributed by atoms with Gasteiger partial charge in [0.1, 0.15) is 22.6 Å². The third-order valence-corrected chi connectivity index (χ3v) is 8.40. The van der Waals surface area contributed by atoms with Crippen molar-refractivity contribution in [3.05, 3.63) is 56.6 Å². The van der Waals surface area contributed by atoms with Crippen LogP contribution in [0.25, 0.3) is 0 Å². The molecule has 2 rings (SSSR count). The summed E-state index contributed by atoms with van der Waals surface area (Å²) in [7, 11) is 0. The van der Waals surface area contributed by atoms with E-state index in [9.17, 15) is 30.0 Å². The van der Waals surface area contributed by atoms with Crippen molar-refractivity contribution in [2.75, 3.05) is 0 Å². The second-order valence-corrected chi connectivity index (χ2v) is 12.3. The minimum Gasteiger partial charge on any atom is -0.507 e. The van der Waals surface area contributed by atoms with Gasteiger partial charge in [0.25, 0.3) is 0 Å². The van der Waals surface area contributed by atoms with Crippen LogP contribution in [0.1, 0.15) is 173 Å². The number of hydrogen-bond donors (Lipinski definition) is 6. The largest absolute Gasteiger partial charge is 0.507 e. The Labute approximate surface area is 288 Å². The van der Waals surface area contributed by atoms with Gasteiger partial charge in [0.05, 0.1) is 0 Å². The number of aromatic carboxylic acids is 2. The number of aromatic hydroxyl groups is 2. The SMILES string of the molecule is CCCCc1cc(C(=O)O)c(O)c(CCCC)c1CCCC.CCCCc1cc(C(=O)O)c(O)c(CCCC)c1CCCC.O=C(O)O. The lowest BCUT2D eigenvalue weighted by molar-refractivity contribution is 0.0682. The van der Waals surface area contributed by atoms with Gasteiger partial charge in [-0.2, -0.15) is 0 Å². The zero-order valence-corrected chi connectivity index (χ0v) is 30.3. The van der Waals surface area contributed by atoms with Crippen LogP contribution in [-0.2, 0) is 38.5 Å². The molecule has 0 aliphatic heterocycles. The predicted molar refractivity (Wildman–Crippen MR) is 192 cm³/mol. The van der Waals surface area contributed by atoms with Crippen LogP contribution in [0.15, 0.2) is 12.1 Å². The number of phenols is 2. The number of benzene rings is 2. The van der Waals surface area contributed by atoms with Crippen LogP contribution >= 0.6 is 0 Å². The molecule has 0 bridgehead atoms. The summed E-state index contributed by atoms with van der Waals surface area (Å²) in [5.74, 6) is -2.08. The molecule has 0 radical (unpaired) electrons. The number of carboxylic acids is 2. The Hall–Kier alpha value is -3.75. The fraction of sp³-hybridized carbons (Fsp3) is 0.615. The summed E-state index contributed by atoms with van der Waals surface area (Å²) in [5, 5.41) is 53.6. The Morgan fingerprint density at radius 3 is 0.896 bits per heavy atom. The second-order valence-electron chi connectivity index (χ2n) is 12.3. The average Bonchev–Trinajstić information content (AvgIpc) is 3.04. The topological polar surface area (TPSA) is 173 Å². The molecule has 0 saturated carbocycles.